The number of ether oxygens (including phenoxy) is 4. The highest BCUT2D eigenvalue weighted by Gasteiger charge is 2.61. The van der Waals surface area contributed by atoms with Gasteiger partial charge in [-0.25, -0.2) is 27.7 Å². The number of fused-ring (bicyclic) bond motifs is 1. The zero-order valence-electron chi connectivity index (χ0n) is 36.5. The Balaban J connectivity index is 1.35. The van der Waals surface area contributed by atoms with Crippen LogP contribution in [0, 0.1) is 11.3 Å². The van der Waals surface area contributed by atoms with E-state index < -0.39 is 85.4 Å². The zero-order valence-corrected chi connectivity index (χ0v) is 37.3. The Hall–Kier alpha value is -6.49. The third kappa shape index (κ3) is 10.1. The molecule has 0 radical (unpaired) electrons. The van der Waals surface area contributed by atoms with Crippen molar-refractivity contribution >= 4 is 50.7 Å². The van der Waals surface area contributed by atoms with Gasteiger partial charge in [0.05, 0.1) is 37.5 Å². The fourth-order valence-electron chi connectivity index (χ4n) is 7.54. The third-order valence-corrected chi connectivity index (χ3v) is 12.2. The van der Waals surface area contributed by atoms with Crippen LogP contribution < -0.4 is 24.8 Å². The molecule has 2 aliphatic rings. The number of hydrogen-bond acceptors (Lipinski definition) is 12. The number of likely N-dealkylation sites (tertiary alicyclic amines) is 1. The molecule has 1 saturated heterocycles. The first kappa shape index (κ1) is 46.0. The predicted octanol–water partition coefficient (Wildman–Crippen LogP) is 5.55. The SMILES string of the molecule is C=C[C@@H]1C[C@]1(NC(=O)[C@@H]1C[C@@H](Oc2cc(-c3ccccc3)nc3cc(OC)ccc23)CN1C(=O)[C@@H](NC(=O)OC(C)(C)C)C(C)(C)C)C(=O)NS(=O)(=O)c1ccccc1C(=O)OC. The van der Waals surface area contributed by atoms with Crippen LogP contribution in [0.1, 0.15) is 64.7 Å². The van der Waals surface area contributed by atoms with E-state index >= 15 is 0 Å². The predicted molar refractivity (Wildman–Crippen MR) is 233 cm³/mol. The van der Waals surface area contributed by atoms with E-state index in [1.54, 1.807) is 72.9 Å². The van der Waals surface area contributed by atoms with Gasteiger partial charge in [0, 0.05) is 35.4 Å². The van der Waals surface area contributed by atoms with Gasteiger partial charge in [0.25, 0.3) is 15.9 Å². The van der Waals surface area contributed by atoms with Crippen molar-refractivity contribution in [2.75, 3.05) is 20.8 Å². The second kappa shape index (κ2) is 17.7. The molecule has 6 rings (SSSR count). The quantitative estimate of drug-likeness (QED) is 0.112. The molecule has 1 saturated carbocycles. The van der Waals surface area contributed by atoms with E-state index in [0.717, 1.165) is 18.7 Å². The number of amides is 4. The number of carbonyl (C=O) groups excluding carboxylic acids is 5. The molecule has 334 valence electrons. The molecule has 1 aliphatic carbocycles. The standard InChI is InChI=1S/C46H53N5O11S/c1-10-28-25-46(28,42(55)50-63(57,58)37-19-15-14-18-32(37)41(54)60-9)49-39(52)35-23-30(26-51(35)40(53)38(44(2,3)4)48-43(56)62-45(5,6)7)61-36-24-33(27-16-12-11-13-17-27)47-34-22-29(59-8)20-21-31(34)36/h10-22,24,28,30,35,38H,1,23,25-26H2,2-9H3,(H,48,56)(H,49,52)(H,50,55)/t28-,30-,35+,38-,46-/m1/s1. The van der Waals surface area contributed by atoms with E-state index in [4.69, 9.17) is 23.9 Å². The van der Waals surface area contributed by atoms with Crippen LogP contribution in [-0.4, -0.2) is 98.2 Å². The van der Waals surface area contributed by atoms with Gasteiger partial charge in [-0.3, -0.25) is 14.4 Å². The molecule has 4 aromatic rings. The smallest absolute Gasteiger partial charge is 0.408 e. The molecule has 0 unspecified atom stereocenters. The van der Waals surface area contributed by atoms with E-state index in [1.807, 2.05) is 35.1 Å². The van der Waals surface area contributed by atoms with E-state index in [0.29, 0.717) is 28.1 Å². The number of methoxy groups -OCH3 is 2. The van der Waals surface area contributed by atoms with E-state index in [1.165, 1.54) is 29.2 Å². The first-order valence-corrected chi connectivity index (χ1v) is 21.8. The van der Waals surface area contributed by atoms with Crippen LogP contribution in [0.4, 0.5) is 4.79 Å². The number of alkyl carbamates (subject to hydrolysis) is 1. The Morgan fingerprint density at radius 1 is 0.937 bits per heavy atom. The highest BCUT2D eigenvalue weighted by Crippen LogP contribution is 2.45. The van der Waals surface area contributed by atoms with Crippen LogP contribution in [0.2, 0.25) is 0 Å². The van der Waals surface area contributed by atoms with Crippen molar-refractivity contribution in [2.45, 2.75) is 88.6 Å². The Morgan fingerprint density at radius 3 is 2.24 bits per heavy atom. The molecule has 2 heterocycles. The summed E-state index contributed by atoms with van der Waals surface area (Å²) in [5, 5.41) is 6.10. The molecule has 1 aliphatic heterocycles. The molecule has 63 heavy (non-hydrogen) atoms. The minimum atomic E-state index is -4.68. The van der Waals surface area contributed by atoms with Crippen LogP contribution in [0.5, 0.6) is 11.5 Å². The van der Waals surface area contributed by atoms with Crippen molar-refractivity contribution in [3.05, 3.63) is 97.1 Å². The first-order valence-electron chi connectivity index (χ1n) is 20.3. The number of esters is 1. The van der Waals surface area contributed by atoms with Crippen LogP contribution >= 0.6 is 0 Å². The molecule has 0 bridgehead atoms. The molecule has 4 amide bonds. The average Bonchev–Trinajstić information content (AvgIpc) is 3.79. The van der Waals surface area contributed by atoms with Gasteiger partial charge in [0.1, 0.15) is 45.7 Å². The Morgan fingerprint density at radius 2 is 1.62 bits per heavy atom. The Labute approximate surface area is 366 Å². The van der Waals surface area contributed by atoms with Gasteiger partial charge in [-0.1, -0.05) is 69.3 Å². The number of carbonyl (C=O) groups is 5. The first-order chi connectivity index (χ1) is 29.6. The van der Waals surface area contributed by atoms with E-state index in [9.17, 15) is 32.4 Å². The second-order valence-corrected chi connectivity index (χ2v) is 19.3. The molecule has 2 fully saturated rings. The van der Waals surface area contributed by atoms with Crippen LogP contribution in [0.3, 0.4) is 0 Å². The largest absolute Gasteiger partial charge is 0.497 e. The summed E-state index contributed by atoms with van der Waals surface area (Å²) in [5.41, 5.74) is -1.87. The maximum absolute atomic E-state index is 14.8. The average molecular weight is 884 g/mol. The van der Waals surface area contributed by atoms with Gasteiger partial charge >= 0.3 is 12.1 Å². The van der Waals surface area contributed by atoms with Gasteiger partial charge in [-0.15, -0.1) is 6.58 Å². The van der Waals surface area contributed by atoms with E-state index in [2.05, 4.69) is 17.2 Å². The number of hydrogen-bond donors (Lipinski definition) is 3. The molecule has 16 nitrogen and oxygen atoms in total. The van der Waals surface area contributed by atoms with Crippen molar-refractivity contribution in [2.24, 2.45) is 11.3 Å². The summed E-state index contributed by atoms with van der Waals surface area (Å²) in [4.78, 5) is 74.8. The van der Waals surface area contributed by atoms with Crippen molar-refractivity contribution in [1.29, 1.82) is 0 Å². The Kier molecular flexibility index (Phi) is 12.9. The summed E-state index contributed by atoms with van der Waals surface area (Å²) >= 11 is 0. The lowest BCUT2D eigenvalue weighted by atomic mass is 9.85. The summed E-state index contributed by atoms with van der Waals surface area (Å²) in [6, 6.07) is 19.3. The second-order valence-electron chi connectivity index (χ2n) is 17.6. The zero-order chi connectivity index (χ0) is 46.1. The van der Waals surface area contributed by atoms with E-state index in [-0.39, 0.29) is 24.9 Å². The number of rotatable bonds is 13. The van der Waals surface area contributed by atoms with Crippen molar-refractivity contribution in [1.82, 2.24) is 25.2 Å². The minimum Gasteiger partial charge on any atom is -0.497 e. The third-order valence-electron chi connectivity index (χ3n) is 10.8. The minimum absolute atomic E-state index is 0.0115. The lowest BCUT2D eigenvalue weighted by Crippen LogP contribution is -2.60. The summed E-state index contributed by atoms with van der Waals surface area (Å²) in [5.74, 6) is -3.11. The fourth-order valence-corrected chi connectivity index (χ4v) is 8.77. The summed E-state index contributed by atoms with van der Waals surface area (Å²) < 4.78 is 51.7. The normalized spacial score (nSPS) is 20.2. The number of nitrogens with zero attached hydrogens (tertiary/aromatic N) is 2. The van der Waals surface area contributed by atoms with Crippen LogP contribution in [0.25, 0.3) is 22.2 Å². The lowest BCUT2D eigenvalue weighted by Gasteiger charge is -2.36. The molecule has 0 spiro atoms. The molecular formula is C46H53N5O11S. The van der Waals surface area contributed by atoms with Gasteiger partial charge in [-0.2, -0.15) is 0 Å². The maximum atomic E-state index is 14.8. The summed E-state index contributed by atoms with van der Waals surface area (Å²) in [7, 11) is -2.03. The van der Waals surface area contributed by atoms with Gasteiger partial charge in [0.2, 0.25) is 11.8 Å². The highest BCUT2D eigenvalue weighted by molar-refractivity contribution is 7.90. The number of pyridine rings is 1. The van der Waals surface area contributed by atoms with Crippen molar-refractivity contribution < 1.29 is 51.3 Å². The number of nitrogens with one attached hydrogen (secondary N) is 3. The highest BCUT2D eigenvalue weighted by atomic mass is 32.2. The molecular weight excluding hydrogens is 831 g/mol. The van der Waals surface area contributed by atoms with Crippen LogP contribution in [-0.2, 0) is 33.9 Å². The van der Waals surface area contributed by atoms with Crippen molar-refractivity contribution in [3.8, 4) is 22.8 Å². The summed E-state index contributed by atoms with van der Waals surface area (Å²) in [6.07, 6.45) is -0.302. The molecule has 3 aromatic carbocycles. The van der Waals surface area contributed by atoms with Crippen molar-refractivity contribution in [3.63, 3.8) is 0 Å². The molecule has 17 heteroatoms. The number of sulfonamides is 1. The van der Waals surface area contributed by atoms with Gasteiger partial charge < -0.3 is 34.5 Å². The monoisotopic (exact) mass is 883 g/mol. The Bertz CT molecular complexity index is 2550. The molecule has 5 atom stereocenters. The molecule has 3 N–H and O–H groups in total. The topological polar surface area (TPSA) is 209 Å². The van der Waals surface area contributed by atoms with Gasteiger partial charge in [0.15, 0.2) is 0 Å². The lowest BCUT2D eigenvalue weighted by molar-refractivity contribution is -0.143. The molecule has 1 aromatic heterocycles. The van der Waals surface area contributed by atoms with Crippen LogP contribution in [0.15, 0.2) is 96.4 Å². The fraction of sp³-hybridized carbons (Fsp3) is 0.391. The maximum Gasteiger partial charge on any atom is 0.408 e. The summed E-state index contributed by atoms with van der Waals surface area (Å²) in [6.45, 7) is 14.0. The number of aromatic nitrogens is 1. The number of benzene rings is 3. The van der Waals surface area contributed by atoms with Gasteiger partial charge in [-0.05, 0) is 56.9 Å².